The van der Waals surface area contributed by atoms with Gasteiger partial charge in [0.1, 0.15) is 6.61 Å². The van der Waals surface area contributed by atoms with Crippen molar-refractivity contribution in [3.8, 4) is 11.4 Å². The Kier molecular flexibility index (Phi) is 3.98. The zero-order valence-electron chi connectivity index (χ0n) is 13.9. The van der Waals surface area contributed by atoms with Crippen LogP contribution in [0, 0.1) is 12.7 Å². The molecule has 3 heteroatoms. The number of aromatic nitrogens is 1. The number of ether oxygens (including phenoxy) is 1. The lowest BCUT2D eigenvalue weighted by atomic mass is 10.2. The standard InChI is InChI=1S/C22H18FNO/c1-16-13-18-9-5-6-10-21(18)24(16)19-11-12-22(20(23)14-19)25-15-17-7-3-2-4-8-17/h2-14H,15H2,1H3. The predicted octanol–water partition coefficient (Wildman–Crippen LogP) is 5.66. The van der Waals surface area contributed by atoms with Crippen LogP contribution < -0.4 is 4.74 Å². The van der Waals surface area contributed by atoms with Gasteiger partial charge < -0.3 is 9.30 Å². The van der Waals surface area contributed by atoms with Crippen molar-refractivity contribution < 1.29 is 9.13 Å². The van der Waals surface area contributed by atoms with Gasteiger partial charge in [0.05, 0.1) is 5.52 Å². The Balaban J connectivity index is 1.64. The summed E-state index contributed by atoms with van der Waals surface area (Å²) in [6.45, 7) is 2.38. The van der Waals surface area contributed by atoms with Gasteiger partial charge >= 0.3 is 0 Å². The Labute approximate surface area is 146 Å². The van der Waals surface area contributed by atoms with E-state index in [0.717, 1.165) is 27.8 Å². The van der Waals surface area contributed by atoms with Crippen molar-refractivity contribution in [2.75, 3.05) is 0 Å². The monoisotopic (exact) mass is 331 g/mol. The van der Waals surface area contributed by atoms with Gasteiger partial charge in [-0.3, -0.25) is 0 Å². The Morgan fingerprint density at radius 1 is 0.880 bits per heavy atom. The van der Waals surface area contributed by atoms with E-state index < -0.39 is 0 Å². The van der Waals surface area contributed by atoms with Crippen LogP contribution in [-0.2, 0) is 6.61 Å². The highest BCUT2D eigenvalue weighted by atomic mass is 19.1. The Hall–Kier alpha value is -3.07. The van der Waals surface area contributed by atoms with Gasteiger partial charge in [0.2, 0.25) is 0 Å². The van der Waals surface area contributed by atoms with Crippen LogP contribution in [0.3, 0.4) is 0 Å². The van der Waals surface area contributed by atoms with Crippen LogP contribution in [0.5, 0.6) is 5.75 Å². The summed E-state index contributed by atoms with van der Waals surface area (Å²) in [4.78, 5) is 0. The van der Waals surface area contributed by atoms with Crippen molar-refractivity contribution in [3.05, 3.63) is 95.9 Å². The summed E-state index contributed by atoms with van der Waals surface area (Å²) in [6, 6.07) is 25.1. The lowest BCUT2D eigenvalue weighted by Crippen LogP contribution is -2.00. The number of benzene rings is 3. The Bertz CT molecular complexity index is 1020. The highest BCUT2D eigenvalue weighted by molar-refractivity contribution is 5.83. The second-order valence-electron chi connectivity index (χ2n) is 6.07. The van der Waals surface area contributed by atoms with Crippen molar-refractivity contribution in [2.45, 2.75) is 13.5 Å². The van der Waals surface area contributed by atoms with Gasteiger partial charge in [-0.1, -0.05) is 48.5 Å². The molecule has 3 aromatic carbocycles. The molecule has 25 heavy (non-hydrogen) atoms. The molecule has 0 atom stereocenters. The molecule has 0 bridgehead atoms. The van der Waals surface area contributed by atoms with Crippen LogP contribution in [0.4, 0.5) is 4.39 Å². The van der Waals surface area contributed by atoms with Gasteiger partial charge in [0, 0.05) is 22.8 Å². The Morgan fingerprint density at radius 2 is 1.64 bits per heavy atom. The number of fused-ring (bicyclic) bond motifs is 1. The molecule has 0 aliphatic rings. The highest BCUT2D eigenvalue weighted by Crippen LogP contribution is 2.27. The van der Waals surface area contributed by atoms with Crippen molar-refractivity contribution in [1.82, 2.24) is 4.57 Å². The number of hydrogen-bond donors (Lipinski definition) is 0. The van der Waals surface area contributed by atoms with Crippen LogP contribution in [0.15, 0.2) is 78.9 Å². The quantitative estimate of drug-likeness (QED) is 0.471. The fourth-order valence-corrected chi connectivity index (χ4v) is 3.12. The van der Waals surface area contributed by atoms with Crippen molar-refractivity contribution in [1.29, 1.82) is 0 Å². The van der Waals surface area contributed by atoms with Gasteiger partial charge in [-0.25, -0.2) is 4.39 Å². The molecule has 0 amide bonds. The summed E-state index contributed by atoms with van der Waals surface area (Å²) in [5.41, 5.74) is 3.94. The molecule has 2 nitrogen and oxygen atoms in total. The third-order valence-corrected chi connectivity index (χ3v) is 4.31. The number of nitrogens with zero attached hydrogens (tertiary/aromatic N) is 1. The Morgan fingerprint density at radius 3 is 2.44 bits per heavy atom. The van der Waals surface area contributed by atoms with Crippen molar-refractivity contribution in [3.63, 3.8) is 0 Å². The van der Waals surface area contributed by atoms with E-state index in [0.29, 0.717) is 6.61 Å². The lowest BCUT2D eigenvalue weighted by molar-refractivity contribution is 0.290. The molecule has 0 saturated heterocycles. The zero-order chi connectivity index (χ0) is 17.2. The molecule has 0 unspecified atom stereocenters. The first-order valence-corrected chi connectivity index (χ1v) is 8.26. The van der Waals surface area contributed by atoms with Crippen LogP contribution in [0.1, 0.15) is 11.3 Å². The van der Waals surface area contributed by atoms with Crippen molar-refractivity contribution >= 4 is 10.9 Å². The van der Waals surface area contributed by atoms with E-state index in [4.69, 9.17) is 4.74 Å². The number of hydrogen-bond acceptors (Lipinski definition) is 1. The summed E-state index contributed by atoms with van der Waals surface area (Å²) < 4.78 is 22.2. The minimum absolute atomic E-state index is 0.265. The molecule has 124 valence electrons. The first kappa shape index (κ1) is 15.5. The van der Waals surface area contributed by atoms with Gasteiger partial charge in [0.15, 0.2) is 11.6 Å². The van der Waals surface area contributed by atoms with Crippen LogP contribution in [-0.4, -0.2) is 4.57 Å². The van der Waals surface area contributed by atoms with E-state index in [9.17, 15) is 4.39 Å². The lowest BCUT2D eigenvalue weighted by Gasteiger charge is -2.12. The van der Waals surface area contributed by atoms with E-state index in [1.807, 2.05) is 61.5 Å². The first-order valence-electron chi connectivity index (χ1n) is 8.26. The van der Waals surface area contributed by atoms with Gasteiger partial charge in [0.25, 0.3) is 0 Å². The van der Waals surface area contributed by atoms with E-state index in [-0.39, 0.29) is 11.6 Å². The van der Waals surface area contributed by atoms with Crippen LogP contribution >= 0.6 is 0 Å². The fourth-order valence-electron chi connectivity index (χ4n) is 3.12. The third-order valence-electron chi connectivity index (χ3n) is 4.31. The molecule has 0 radical (unpaired) electrons. The van der Waals surface area contributed by atoms with Crippen molar-refractivity contribution in [2.24, 2.45) is 0 Å². The van der Waals surface area contributed by atoms with E-state index in [1.165, 1.54) is 6.07 Å². The number of aryl methyl sites for hydroxylation is 1. The number of para-hydroxylation sites is 1. The maximum atomic E-state index is 14.5. The second kappa shape index (κ2) is 6.44. The summed E-state index contributed by atoms with van der Waals surface area (Å²) in [7, 11) is 0. The largest absolute Gasteiger partial charge is 0.486 e. The van der Waals surface area contributed by atoms with E-state index in [1.54, 1.807) is 6.07 Å². The second-order valence-corrected chi connectivity index (χ2v) is 6.07. The number of rotatable bonds is 4. The topological polar surface area (TPSA) is 14.2 Å². The molecule has 0 spiro atoms. The fraction of sp³-hybridized carbons (Fsp3) is 0.0909. The van der Waals surface area contributed by atoms with Gasteiger partial charge in [-0.15, -0.1) is 0 Å². The summed E-state index contributed by atoms with van der Waals surface area (Å²) in [5, 5.41) is 1.14. The van der Waals surface area contributed by atoms with E-state index in [2.05, 4.69) is 16.7 Å². The van der Waals surface area contributed by atoms with Gasteiger partial charge in [-0.2, -0.15) is 0 Å². The molecule has 0 aliphatic carbocycles. The van der Waals surface area contributed by atoms with Gasteiger partial charge in [-0.05, 0) is 36.8 Å². The first-order chi connectivity index (χ1) is 12.2. The molecular formula is C22H18FNO. The zero-order valence-corrected chi connectivity index (χ0v) is 13.9. The molecular weight excluding hydrogens is 313 g/mol. The maximum absolute atomic E-state index is 14.5. The molecule has 1 heterocycles. The summed E-state index contributed by atoms with van der Waals surface area (Å²) >= 11 is 0. The minimum atomic E-state index is -0.356. The number of halogens is 1. The molecule has 1 aromatic heterocycles. The highest BCUT2D eigenvalue weighted by Gasteiger charge is 2.11. The molecule has 4 aromatic rings. The average molecular weight is 331 g/mol. The maximum Gasteiger partial charge on any atom is 0.167 e. The average Bonchev–Trinajstić information content (AvgIpc) is 2.97. The predicted molar refractivity (Wildman–Crippen MR) is 98.7 cm³/mol. The van der Waals surface area contributed by atoms with Crippen LogP contribution in [0.25, 0.3) is 16.6 Å². The third kappa shape index (κ3) is 3.01. The molecule has 4 rings (SSSR count). The van der Waals surface area contributed by atoms with E-state index >= 15 is 0 Å². The van der Waals surface area contributed by atoms with Crippen LogP contribution in [0.2, 0.25) is 0 Å². The summed E-state index contributed by atoms with van der Waals surface area (Å²) in [5.74, 6) is -0.0904. The normalized spacial score (nSPS) is 11.0. The smallest absolute Gasteiger partial charge is 0.167 e. The molecule has 0 fully saturated rings. The molecule has 0 N–H and O–H groups in total. The SMILES string of the molecule is Cc1cc2ccccc2n1-c1ccc(OCc2ccccc2)c(F)c1. The summed E-state index contributed by atoms with van der Waals surface area (Å²) in [6.07, 6.45) is 0. The minimum Gasteiger partial charge on any atom is -0.486 e. The molecule has 0 saturated carbocycles. The molecule has 0 aliphatic heterocycles.